The lowest BCUT2D eigenvalue weighted by molar-refractivity contribution is 0.299. The zero-order valence-electron chi connectivity index (χ0n) is 7.70. The zero-order valence-corrected chi connectivity index (χ0v) is 8.51. The van der Waals surface area contributed by atoms with Crippen molar-refractivity contribution >= 4 is 9.84 Å². The van der Waals surface area contributed by atoms with Crippen LogP contribution in [0.5, 0.6) is 0 Å². The molecule has 0 aromatic heterocycles. The van der Waals surface area contributed by atoms with E-state index < -0.39 is 15.7 Å². The van der Waals surface area contributed by atoms with Gasteiger partial charge in [-0.05, 0) is 24.1 Å². The molecule has 0 aliphatic carbocycles. The molecule has 0 heterocycles. The van der Waals surface area contributed by atoms with Crippen LogP contribution >= 0.6 is 0 Å². The van der Waals surface area contributed by atoms with Crippen molar-refractivity contribution in [1.29, 1.82) is 0 Å². The van der Waals surface area contributed by atoms with E-state index in [2.05, 4.69) is 0 Å². The lowest BCUT2D eigenvalue weighted by atomic mass is 10.1. The van der Waals surface area contributed by atoms with Gasteiger partial charge in [-0.25, -0.2) is 12.8 Å². The number of sulfone groups is 1. The van der Waals surface area contributed by atoms with Crippen LogP contribution in [0.3, 0.4) is 0 Å². The maximum absolute atomic E-state index is 13.2. The molecule has 0 atom stereocenters. The van der Waals surface area contributed by atoms with E-state index in [1.54, 1.807) is 0 Å². The summed E-state index contributed by atoms with van der Waals surface area (Å²) in [5.41, 5.74) is 0.581. The maximum atomic E-state index is 13.2. The van der Waals surface area contributed by atoms with Crippen molar-refractivity contribution in [2.24, 2.45) is 0 Å². The van der Waals surface area contributed by atoms with Crippen LogP contribution < -0.4 is 0 Å². The first-order valence-corrected chi connectivity index (χ1v) is 5.93. The van der Waals surface area contributed by atoms with E-state index in [0.29, 0.717) is 12.0 Å². The summed E-state index contributed by atoms with van der Waals surface area (Å²) >= 11 is 0. The maximum Gasteiger partial charge on any atom is 0.178 e. The fraction of sp³-hybridized carbons (Fsp3) is 0.333. The first-order valence-electron chi connectivity index (χ1n) is 4.04. The third kappa shape index (κ3) is 2.52. The van der Waals surface area contributed by atoms with Gasteiger partial charge < -0.3 is 5.11 Å². The number of hydrogen-bond acceptors (Lipinski definition) is 3. The van der Waals surface area contributed by atoms with E-state index in [1.807, 2.05) is 0 Å². The van der Waals surface area contributed by atoms with Gasteiger partial charge in [0.1, 0.15) is 10.7 Å². The van der Waals surface area contributed by atoms with Crippen molar-refractivity contribution in [2.45, 2.75) is 11.3 Å². The topological polar surface area (TPSA) is 54.4 Å². The molecule has 0 spiro atoms. The molecule has 0 saturated heterocycles. The molecule has 0 amide bonds. The lowest BCUT2D eigenvalue weighted by Gasteiger charge is -2.03. The molecule has 0 aliphatic rings. The molecule has 3 nitrogen and oxygen atoms in total. The largest absolute Gasteiger partial charge is 0.396 e. The third-order valence-corrected chi connectivity index (χ3v) is 2.93. The van der Waals surface area contributed by atoms with Crippen molar-refractivity contribution in [2.75, 3.05) is 12.9 Å². The third-order valence-electron chi connectivity index (χ3n) is 1.80. The molecule has 1 aromatic rings. The van der Waals surface area contributed by atoms with Gasteiger partial charge in [-0.3, -0.25) is 0 Å². The minimum atomic E-state index is -3.50. The van der Waals surface area contributed by atoms with Gasteiger partial charge in [0, 0.05) is 12.9 Å². The molecule has 5 heteroatoms. The van der Waals surface area contributed by atoms with Gasteiger partial charge in [0.25, 0.3) is 0 Å². The molecule has 0 saturated carbocycles. The van der Waals surface area contributed by atoms with Crippen LogP contribution in [0.4, 0.5) is 4.39 Å². The van der Waals surface area contributed by atoms with Gasteiger partial charge in [0.15, 0.2) is 9.84 Å². The Bertz CT molecular complexity index is 426. The van der Waals surface area contributed by atoms with E-state index in [4.69, 9.17) is 5.11 Å². The van der Waals surface area contributed by atoms with Crippen molar-refractivity contribution in [3.8, 4) is 0 Å². The Morgan fingerprint density at radius 3 is 2.50 bits per heavy atom. The normalized spacial score (nSPS) is 11.6. The van der Waals surface area contributed by atoms with Gasteiger partial charge in [-0.1, -0.05) is 6.07 Å². The van der Waals surface area contributed by atoms with Crippen LogP contribution in [0.2, 0.25) is 0 Å². The van der Waals surface area contributed by atoms with Crippen LogP contribution in [0.1, 0.15) is 5.56 Å². The van der Waals surface area contributed by atoms with Crippen LogP contribution in [0.25, 0.3) is 0 Å². The van der Waals surface area contributed by atoms with Crippen LogP contribution in [0.15, 0.2) is 23.1 Å². The molecular weight excluding hydrogens is 207 g/mol. The summed E-state index contributed by atoms with van der Waals surface area (Å²) in [5, 5.41) is 8.60. The first kappa shape index (κ1) is 11.1. The first-order chi connectivity index (χ1) is 6.45. The van der Waals surface area contributed by atoms with Gasteiger partial charge in [0.2, 0.25) is 0 Å². The molecule has 0 fully saturated rings. The SMILES string of the molecule is CS(=O)(=O)c1ccc(CCO)cc1F. The van der Waals surface area contributed by atoms with Crippen LogP contribution in [-0.4, -0.2) is 26.4 Å². The summed E-state index contributed by atoms with van der Waals surface area (Å²) in [7, 11) is -3.50. The highest BCUT2D eigenvalue weighted by Gasteiger charge is 2.13. The number of rotatable bonds is 3. The second-order valence-corrected chi connectivity index (χ2v) is 4.99. The van der Waals surface area contributed by atoms with E-state index in [9.17, 15) is 12.8 Å². The van der Waals surface area contributed by atoms with E-state index in [0.717, 1.165) is 12.3 Å². The molecule has 0 aliphatic heterocycles. The quantitative estimate of drug-likeness (QED) is 0.815. The average Bonchev–Trinajstić information content (AvgIpc) is 2.02. The van der Waals surface area contributed by atoms with E-state index in [-0.39, 0.29) is 11.5 Å². The Hall–Kier alpha value is -0.940. The molecular formula is C9H11FO3S. The Morgan fingerprint density at radius 1 is 1.43 bits per heavy atom. The number of aliphatic hydroxyl groups excluding tert-OH is 1. The Morgan fingerprint density at radius 2 is 2.07 bits per heavy atom. The molecule has 1 rings (SSSR count). The Kier molecular flexibility index (Phi) is 3.23. The summed E-state index contributed by atoms with van der Waals surface area (Å²) in [6.45, 7) is -0.0857. The van der Waals surface area contributed by atoms with Gasteiger partial charge >= 0.3 is 0 Å². The highest BCUT2D eigenvalue weighted by Crippen LogP contribution is 2.15. The summed E-state index contributed by atoms with van der Waals surface area (Å²) in [4.78, 5) is -0.306. The summed E-state index contributed by atoms with van der Waals surface area (Å²) in [5.74, 6) is -0.765. The molecule has 0 radical (unpaired) electrons. The van der Waals surface area contributed by atoms with Crippen LogP contribution in [-0.2, 0) is 16.3 Å². The van der Waals surface area contributed by atoms with Crippen molar-refractivity contribution in [1.82, 2.24) is 0 Å². The molecule has 14 heavy (non-hydrogen) atoms. The summed E-state index contributed by atoms with van der Waals surface area (Å²) in [6.07, 6.45) is 1.28. The molecule has 1 aromatic carbocycles. The average molecular weight is 218 g/mol. The van der Waals surface area contributed by atoms with Gasteiger partial charge in [0.05, 0.1) is 0 Å². The van der Waals surface area contributed by atoms with Crippen LogP contribution in [0, 0.1) is 5.82 Å². The van der Waals surface area contributed by atoms with Gasteiger partial charge in [-0.2, -0.15) is 0 Å². The molecule has 1 N–H and O–H groups in total. The predicted octanol–water partition coefficient (Wildman–Crippen LogP) is 0.764. The van der Waals surface area contributed by atoms with Crippen molar-refractivity contribution < 1.29 is 17.9 Å². The molecule has 0 unspecified atom stereocenters. The molecule has 78 valence electrons. The Labute approximate surface area is 82.1 Å². The van der Waals surface area contributed by atoms with E-state index >= 15 is 0 Å². The predicted molar refractivity (Wildman–Crippen MR) is 50.3 cm³/mol. The van der Waals surface area contributed by atoms with E-state index in [1.165, 1.54) is 12.1 Å². The lowest BCUT2D eigenvalue weighted by Crippen LogP contribution is -2.02. The minimum Gasteiger partial charge on any atom is -0.396 e. The number of hydrogen-bond donors (Lipinski definition) is 1. The fourth-order valence-corrected chi connectivity index (χ4v) is 1.86. The fourth-order valence-electron chi connectivity index (χ4n) is 1.13. The van der Waals surface area contributed by atoms with Crippen molar-refractivity contribution in [3.63, 3.8) is 0 Å². The summed E-state index contributed by atoms with van der Waals surface area (Å²) in [6, 6.07) is 3.85. The highest BCUT2D eigenvalue weighted by molar-refractivity contribution is 7.90. The minimum absolute atomic E-state index is 0.0857. The number of benzene rings is 1. The van der Waals surface area contributed by atoms with Gasteiger partial charge in [-0.15, -0.1) is 0 Å². The Balaban J connectivity index is 3.15. The monoisotopic (exact) mass is 218 g/mol. The summed E-state index contributed by atoms with van der Waals surface area (Å²) < 4.78 is 35.3. The second kappa shape index (κ2) is 4.06. The number of aliphatic hydroxyl groups is 1. The highest BCUT2D eigenvalue weighted by atomic mass is 32.2. The molecule has 0 bridgehead atoms. The standard InChI is InChI=1S/C9H11FO3S/c1-14(12,13)9-3-2-7(4-5-11)6-8(9)10/h2-3,6,11H,4-5H2,1H3. The second-order valence-electron chi connectivity index (χ2n) is 3.01. The number of halogens is 1. The zero-order chi connectivity index (χ0) is 10.8. The smallest absolute Gasteiger partial charge is 0.178 e. The van der Waals surface area contributed by atoms with Crippen molar-refractivity contribution in [3.05, 3.63) is 29.6 Å².